The first-order valence-electron chi connectivity index (χ1n) is 11.0. The van der Waals surface area contributed by atoms with Gasteiger partial charge in [-0.1, -0.05) is 59.3 Å². The Labute approximate surface area is 165 Å². The zero-order valence-electron chi connectivity index (χ0n) is 17.6. The SMILES string of the molecule is CCCCCCC1(CCCCCC)OCC(COC(=O)NCC(O)CC)O1. The molecule has 2 unspecified atom stereocenters. The van der Waals surface area contributed by atoms with Crippen LogP contribution in [-0.2, 0) is 14.2 Å². The summed E-state index contributed by atoms with van der Waals surface area (Å²) in [7, 11) is 0. The highest BCUT2D eigenvalue weighted by Gasteiger charge is 2.40. The van der Waals surface area contributed by atoms with Crippen molar-refractivity contribution in [1.82, 2.24) is 5.32 Å². The molecule has 1 amide bonds. The third-order valence-electron chi connectivity index (χ3n) is 5.09. The molecule has 0 aromatic heterocycles. The van der Waals surface area contributed by atoms with E-state index in [1.807, 2.05) is 6.92 Å². The Kier molecular flexibility index (Phi) is 12.7. The predicted octanol–water partition coefficient (Wildman–Crippen LogP) is 4.54. The molecule has 1 aliphatic rings. The Morgan fingerprint density at radius 2 is 1.74 bits per heavy atom. The number of aliphatic hydroxyl groups excluding tert-OH is 1. The lowest BCUT2D eigenvalue weighted by Gasteiger charge is -2.28. The first-order chi connectivity index (χ1) is 13.0. The summed E-state index contributed by atoms with van der Waals surface area (Å²) in [4.78, 5) is 11.7. The van der Waals surface area contributed by atoms with Crippen LogP contribution >= 0.6 is 0 Å². The van der Waals surface area contributed by atoms with Gasteiger partial charge in [-0.2, -0.15) is 0 Å². The number of unbranched alkanes of at least 4 members (excludes halogenated alkanes) is 6. The van der Waals surface area contributed by atoms with Crippen molar-refractivity contribution in [3.63, 3.8) is 0 Å². The zero-order valence-corrected chi connectivity index (χ0v) is 17.6. The van der Waals surface area contributed by atoms with Crippen LogP contribution in [0.15, 0.2) is 0 Å². The Morgan fingerprint density at radius 1 is 1.11 bits per heavy atom. The van der Waals surface area contributed by atoms with Crippen molar-refractivity contribution in [3.8, 4) is 0 Å². The van der Waals surface area contributed by atoms with Crippen LogP contribution in [0.25, 0.3) is 0 Å². The number of amides is 1. The smallest absolute Gasteiger partial charge is 0.407 e. The minimum Gasteiger partial charge on any atom is -0.447 e. The van der Waals surface area contributed by atoms with Crippen LogP contribution in [0.3, 0.4) is 0 Å². The average molecular weight is 388 g/mol. The van der Waals surface area contributed by atoms with Gasteiger partial charge in [-0.15, -0.1) is 0 Å². The summed E-state index contributed by atoms with van der Waals surface area (Å²) < 4.78 is 17.6. The second-order valence-corrected chi connectivity index (χ2v) is 7.62. The van der Waals surface area contributed by atoms with E-state index >= 15 is 0 Å². The lowest BCUT2D eigenvalue weighted by Crippen LogP contribution is -2.35. The highest BCUT2D eigenvalue weighted by atomic mass is 16.8. The summed E-state index contributed by atoms with van der Waals surface area (Å²) in [6.07, 6.45) is 10.6. The summed E-state index contributed by atoms with van der Waals surface area (Å²) in [5.74, 6) is -0.510. The minimum atomic E-state index is -0.539. The molecule has 0 saturated carbocycles. The molecular weight excluding hydrogens is 346 g/mol. The van der Waals surface area contributed by atoms with Gasteiger partial charge in [-0.25, -0.2) is 4.79 Å². The third-order valence-corrected chi connectivity index (χ3v) is 5.09. The van der Waals surface area contributed by atoms with E-state index in [-0.39, 0.29) is 19.3 Å². The number of nitrogens with one attached hydrogen (secondary N) is 1. The number of ether oxygens (including phenoxy) is 3. The van der Waals surface area contributed by atoms with Gasteiger partial charge in [0.05, 0.1) is 12.7 Å². The van der Waals surface area contributed by atoms with Gasteiger partial charge < -0.3 is 24.6 Å². The van der Waals surface area contributed by atoms with E-state index in [4.69, 9.17) is 14.2 Å². The molecule has 6 heteroatoms. The first kappa shape index (κ1) is 24.2. The van der Waals surface area contributed by atoms with Gasteiger partial charge in [0.25, 0.3) is 0 Å². The monoisotopic (exact) mass is 387 g/mol. The number of rotatable bonds is 15. The van der Waals surface area contributed by atoms with Gasteiger partial charge in [-0.05, 0) is 19.3 Å². The van der Waals surface area contributed by atoms with Crippen LogP contribution in [-0.4, -0.2) is 49.0 Å². The second-order valence-electron chi connectivity index (χ2n) is 7.62. The van der Waals surface area contributed by atoms with E-state index in [1.165, 1.54) is 38.5 Å². The number of carbonyl (C=O) groups excluding carboxylic acids is 1. The van der Waals surface area contributed by atoms with Gasteiger partial charge >= 0.3 is 6.09 Å². The van der Waals surface area contributed by atoms with E-state index in [1.54, 1.807) is 0 Å². The number of hydrogen-bond donors (Lipinski definition) is 2. The largest absolute Gasteiger partial charge is 0.447 e. The molecule has 160 valence electrons. The van der Waals surface area contributed by atoms with Crippen LogP contribution in [0.5, 0.6) is 0 Å². The molecule has 0 bridgehead atoms. The molecule has 6 nitrogen and oxygen atoms in total. The molecule has 1 saturated heterocycles. The van der Waals surface area contributed by atoms with Crippen LogP contribution in [0, 0.1) is 0 Å². The number of hydrogen-bond acceptors (Lipinski definition) is 5. The molecular formula is C21H41NO5. The van der Waals surface area contributed by atoms with Crippen molar-refractivity contribution in [3.05, 3.63) is 0 Å². The molecule has 0 aliphatic carbocycles. The third kappa shape index (κ3) is 10.3. The number of aliphatic hydroxyl groups is 1. The lowest BCUT2D eigenvalue weighted by molar-refractivity contribution is -0.182. The van der Waals surface area contributed by atoms with E-state index in [0.29, 0.717) is 13.0 Å². The fourth-order valence-corrected chi connectivity index (χ4v) is 3.29. The Hall–Kier alpha value is -0.850. The standard InChI is InChI=1S/C21H41NO5/c1-4-7-9-11-13-21(14-12-10-8-5-2)26-17-19(27-21)16-25-20(24)22-15-18(23)6-3/h18-19,23H,4-17H2,1-3H3,(H,22,24). The lowest BCUT2D eigenvalue weighted by atomic mass is 10.00. The van der Waals surface area contributed by atoms with Crippen molar-refractivity contribution < 1.29 is 24.1 Å². The van der Waals surface area contributed by atoms with E-state index in [2.05, 4.69) is 19.2 Å². The Balaban J connectivity index is 2.39. The van der Waals surface area contributed by atoms with Crippen LogP contribution in [0.1, 0.15) is 91.4 Å². The van der Waals surface area contributed by atoms with Gasteiger partial charge in [-0.3, -0.25) is 0 Å². The summed E-state index contributed by atoms with van der Waals surface area (Å²) >= 11 is 0. The topological polar surface area (TPSA) is 77.0 Å². The fourth-order valence-electron chi connectivity index (χ4n) is 3.29. The molecule has 1 fully saturated rings. The van der Waals surface area contributed by atoms with Crippen molar-refractivity contribution >= 4 is 6.09 Å². The van der Waals surface area contributed by atoms with Crippen molar-refractivity contribution in [2.75, 3.05) is 19.8 Å². The zero-order chi connectivity index (χ0) is 20.0. The molecule has 2 atom stereocenters. The predicted molar refractivity (Wildman–Crippen MR) is 107 cm³/mol. The van der Waals surface area contributed by atoms with Crippen LogP contribution in [0.2, 0.25) is 0 Å². The molecule has 2 N–H and O–H groups in total. The Bertz CT molecular complexity index is 379. The molecule has 1 rings (SSSR count). The summed E-state index contributed by atoms with van der Waals surface area (Å²) in [6, 6.07) is 0. The molecule has 0 radical (unpaired) electrons. The number of alkyl carbamates (subject to hydrolysis) is 1. The summed E-state index contributed by atoms with van der Waals surface area (Å²) in [5.41, 5.74) is 0. The van der Waals surface area contributed by atoms with Crippen molar-refractivity contribution in [2.24, 2.45) is 0 Å². The summed E-state index contributed by atoms with van der Waals surface area (Å²) in [5, 5.41) is 12.0. The van der Waals surface area contributed by atoms with Gasteiger partial charge in [0.2, 0.25) is 0 Å². The van der Waals surface area contributed by atoms with E-state index < -0.39 is 18.0 Å². The van der Waals surface area contributed by atoms with Crippen LogP contribution < -0.4 is 5.32 Å². The molecule has 0 aromatic rings. The van der Waals surface area contributed by atoms with Crippen molar-refractivity contribution in [1.29, 1.82) is 0 Å². The highest BCUT2D eigenvalue weighted by Crippen LogP contribution is 2.34. The van der Waals surface area contributed by atoms with Gasteiger partial charge in [0.1, 0.15) is 12.7 Å². The number of carbonyl (C=O) groups is 1. The fraction of sp³-hybridized carbons (Fsp3) is 0.952. The minimum absolute atomic E-state index is 0.180. The molecule has 0 spiro atoms. The van der Waals surface area contributed by atoms with Gasteiger partial charge in [0, 0.05) is 19.4 Å². The molecule has 27 heavy (non-hydrogen) atoms. The first-order valence-corrected chi connectivity index (χ1v) is 11.0. The normalized spacial score (nSPS) is 19.8. The highest BCUT2D eigenvalue weighted by molar-refractivity contribution is 5.67. The Morgan fingerprint density at radius 3 is 2.30 bits per heavy atom. The maximum atomic E-state index is 11.7. The van der Waals surface area contributed by atoms with Crippen molar-refractivity contribution in [2.45, 2.75) is 109 Å². The van der Waals surface area contributed by atoms with E-state index in [0.717, 1.165) is 25.7 Å². The van der Waals surface area contributed by atoms with E-state index in [9.17, 15) is 9.90 Å². The molecule has 1 aliphatic heterocycles. The van der Waals surface area contributed by atoms with Crippen LogP contribution in [0.4, 0.5) is 4.79 Å². The van der Waals surface area contributed by atoms with Gasteiger partial charge in [0.15, 0.2) is 5.79 Å². The maximum Gasteiger partial charge on any atom is 0.407 e. The average Bonchev–Trinajstić information content (AvgIpc) is 3.08. The molecule has 0 aromatic carbocycles. The maximum absolute atomic E-state index is 11.7. The quantitative estimate of drug-likeness (QED) is 0.404. The summed E-state index contributed by atoms with van der Waals surface area (Å²) in [6.45, 7) is 7.13. The second kappa shape index (κ2) is 14.2. The molecule has 1 heterocycles.